The van der Waals surface area contributed by atoms with Crippen LogP contribution in [-0.4, -0.2) is 0 Å². The zero-order valence-electron chi connectivity index (χ0n) is 15.1. The van der Waals surface area contributed by atoms with Crippen LogP contribution in [0, 0.1) is 47.9 Å². The molecule has 0 heterocycles. The molecule has 2 aliphatic rings. The Morgan fingerprint density at radius 2 is 1.12 bits per heavy atom. The summed E-state index contributed by atoms with van der Waals surface area (Å²) < 4.78 is 0. The maximum Gasteiger partial charge on any atom is 0.0203 e. The number of rotatable bonds is 0. The molecule has 2 aromatic rings. The van der Waals surface area contributed by atoms with E-state index in [1.807, 2.05) is 30.3 Å². The van der Waals surface area contributed by atoms with Gasteiger partial charge in [-0.1, -0.05) is 50.4 Å². The Morgan fingerprint density at radius 3 is 1.40 bits per heavy atom. The van der Waals surface area contributed by atoms with Crippen LogP contribution in [0.1, 0.15) is 64.2 Å². The molecule has 2 aromatic carbocycles. The molecule has 0 amide bonds. The van der Waals surface area contributed by atoms with Gasteiger partial charge in [-0.05, 0) is 25.7 Å². The SMILES string of the molecule is C(#CC1CCCCC1)C1CCCCC1.[Mo].[c-]1[c-][c-][cH-][c-]1.c1cc[cH-]c1. The molecule has 4 rings (SSSR count). The summed E-state index contributed by atoms with van der Waals surface area (Å²) in [7, 11) is 0. The van der Waals surface area contributed by atoms with Crippen molar-refractivity contribution in [2.45, 2.75) is 64.2 Å². The van der Waals surface area contributed by atoms with Crippen LogP contribution in [0.25, 0.3) is 0 Å². The fourth-order valence-electron chi connectivity index (χ4n) is 3.23. The quantitative estimate of drug-likeness (QED) is 0.276. The monoisotopic (exact) mass is 414 g/mol. The first-order valence-corrected chi connectivity index (χ1v) is 9.45. The first-order chi connectivity index (χ1) is 11.9. The van der Waals surface area contributed by atoms with Crippen LogP contribution in [-0.2, 0) is 21.1 Å². The molecule has 0 aromatic heterocycles. The molecule has 2 saturated carbocycles. The van der Waals surface area contributed by atoms with E-state index in [9.17, 15) is 0 Å². The normalized spacial score (nSPS) is 17.4. The van der Waals surface area contributed by atoms with Crippen LogP contribution >= 0.6 is 0 Å². The third kappa shape index (κ3) is 11.2. The van der Waals surface area contributed by atoms with Gasteiger partial charge >= 0.3 is 0 Å². The average Bonchev–Trinajstić information content (AvgIpc) is 3.40. The summed E-state index contributed by atoms with van der Waals surface area (Å²) in [6.07, 6.45) is 14.1. The van der Waals surface area contributed by atoms with Crippen LogP contribution in [0.5, 0.6) is 0 Å². The van der Waals surface area contributed by atoms with Gasteiger partial charge in [-0.2, -0.15) is 18.2 Å². The molecule has 0 nitrogen and oxygen atoms in total. The van der Waals surface area contributed by atoms with Crippen molar-refractivity contribution in [2.24, 2.45) is 11.8 Å². The summed E-state index contributed by atoms with van der Waals surface area (Å²) in [6.45, 7) is 0. The van der Waals surface area contributed by atoms with Gasteiger partial charge in [0, 0.05) is 32.9 Å². The van der Waals surface area contributed by atoms with E-state index in [-0.39, 0.29) is 21.1 Å². The zero-order chi connectivity index (χ0) is 16.7. The maximum atomic E-state index is 3.54. The molecule has 25 heavy (non-hydrogen) atoms. The van der Waals surface area contributed by atoms with Crippen molar-refractivity contribution in [3.8, 4) is 11.8 Å². The Kier molecular flexibility index (Phi) is 13.4. The van der Waals surface area contributed by atoms with Crippen LogP contribution in [0.2, 0.25) is 0 Å². The van der Waals surface area contributed by atoms with Gasteiger partial charge in [0.25, 0.3) is 0 Å². The molecule has 1 heteroatoms. The predicted molar refractivity (Wildman–Crippen MR) is 100 cm³/mol. The Labute approximate surface area is 169 Å². The van der Waals surface area contributed by atoms with Crippen molar-refractivity contribution in [3.05, 3.63) is 60.7 Å². The summed E-state index contributed by atoms with van der Waals surface area (Å²) in [5.74, 6) is 8.59. The van der Waals surface area contributed by atoms with Gasteiger partial charge in [0.2, 0.25) is 0 Å². The third-order valence-electron chi connectivity index (χ3n) is 4.61. The Balaban J connectivity index is 0.000000233. The van der Waals surface area contributed by atoms with Gasteiger partial charge in [0.15, 0.2) is 0 Å². The zero-order valence-corrected chi connectivity index (χ0v) is 17.1. The van der Waals surface area contributed by atoms with E-state index in [2.05, 4.69) is 36.1 Å². The molecule has 0 radical (unpaired) electrons. The fourth-order valence-corrected chi connectivity index (χ4v) is 3.23. The Morgan fingerprint density at radius 1 is 0.680 bits per heavy atom. The van der Waals surface area contributed by atoms with E-state index < -0.39 is 0 Å². The molecule has 0 bridgehead atoms. The van der Waals surface area contributed by atoms with Crippen LogP contribution < -0.4 is 0 Å². The number of hydrogen-bond acceptors (Lipinski definition) is 0. The molecule has 0 N–H and O–H groups in total. The van der Waals surface area contributed by atoms with E-state index >= 15 is 0 Å². The van der Waals surface area contributed by atoms with Crippen molar-refractivity contribution in [1.29, 1.82) is 0 Å². The van der Waals surface area contributed by atoms with Gasteiger partial charge in [-0.3, -0.25) is 0 Å². The van der Waals surface area contributed by atoms with Crippen LogP contribution in [0.4, 0.5) is 0 Å². The van der Waals surface area contributed by atoms with E-state index in [0.29, 0.717) is 0 Å². The fraction of sp³-hybridized carbons (Fsp3) is 0.500. The van der Waals surface area contributed by atoms with Crippen LogP contribution in [0.3, 0.4) is 0 Å². The first kappa shape index (κ1) is 22.0. The molecular formula is C24H28Mo-6. The summed E-state index contributed by atoms with van der Waals surface area (Å²) in [4.78, 5) is 0. The molecule has 2 aliphatic carbocycles. The van der Waals surface area contributed by atoms with E-state index in [4.69, 9.17) is 0 Å². The average molecular weight is 412 g/mol. The minimum Gasteiger partial charge on any atom is -0.999 e. The standard InChI is InChI=1S/C14H22.C5H5.C5H.Mo/c1-3-7-13(8-4-1)11-12-14-9-5-2-6-10-14;2*1-2-4-5-3-1;/h13-14H,1-10H2;1-5H;1H;/q;-1;-5;. The van der Waals surface area contributed by atoms with Crippen molar-refractivity contribution in [1.82, 2.24) is 0 Å². The molecule has 0 unspecified atom stereocenters. The van der Waals surface area contributed by atoms with Crippen molar-refractivity contribution in [3.63, 3.8) is 0 Å². The first-order valence-electron chi connectivity index (χ1n) is 9.45. The smallest absolute Gasteiger partial charge is 0.0203 e. The predicted octanol–water partition coefficient (Wildman–Crippen LogP) is 6.16. The Hall–Kier alpha value is -1.05. The molecule has 136 valence electrons. The summed E-state index contributed by atoms with van der Waals surface area (Å²) in [5.41, 5.74) is 0. The minimum absolute atomic E-state index is 0. The second-order valence-corrected chi connectivity index (χ2v) is 6.60. The topological polar surface area (TPSA) is 0 Å². The third-order valence-corrected chi connectivity index (χ3v) is 4.61. The second-order valence-electron chi connectivity index (χ2n) is 6.60. The Bertz CT molecular complexity index is 432. The molecule has 0 aliphatic heterocycles. The largest absolute Gasteiger partial charge is 0.999 e. The van der Waals surface area contributed by atoms with E-state index in [1.54, 1.807) is 6.07 Å². The maximum absolute atomic E-state index is 3.54. The van der Waals surface area contributed by atoms with Gasteiger partial charge in [0.05, 0.1) is 0 Å². The molecule has 0 spiro atoms. The van der Waals surface area contributed by atoms with Crippen molar-refractivity contribution in [2.75, 3.05) is 0 Å². The summed E-state index contributed by atoms with van der Waals surface area (Å²) >= 11 is 0. The van der Waals surface area contributed by atoms with E-state index in [1.165, 1.54) is 64.2 Å². The second kappa shape index (κ2) is 15.2. The molecular weight excluding hydrogens is 384 g/mol. The van der Waals surface area contributed by atoms with Gasteiger partial charge in [-0.15, -0.1) is 0 Å². The molecule has 0 atom stereocenters. The number of hydrogen-bond donors (Lipinski definition) is 0. The molecule has 0 saturated heterocycles. The summed E-state index contributed by atoms with van der Waals surface area (Å²) in [5, 5.41) is 0. The van der Waals surface area contributed by atoms with Crippen molar-refractivity contribution >= 4 is 0 Å². The minimum atomic E-state index is 0. The van der Waals surface area contributed by atoms with Gasteiger partial charge in [0.1, 0.15) is 0 Å². The van der Waals surface area contributed by atoms with Gasteiger partial charge in [-0.25, -0.2) is 12.1 Å². The molecule has 2 fully saturated rings. The van der Waals surface area contributed by atoms with Gasteiger partial charge < -0.3 is 30.3 Å². The summed E-state index contributed by atoms with van der Waals surface area (Å²) in [6, 6.07) is 22.0. The van der Waals surface area contributed by atoms with E-state index in [0.717, 1.165) is 11.8 Å². The van der Waals surface area contributed by atoms with Crippen LogP contribution in [0.15, 0.2) is 36.4 Å². The van der Waals surface area contributed by atoms with Crippen molar-refractivity contribution < 1.29 is 21.1 Å².